The van der Waals surface area contributed by atoms with E-state index in [1.165, 1.54) is 0 Å². The number of carbonyl (C=O) groups is 4. The van der Waals surface area contributed by atoms with Gasteiger partial charge in [-0.1, -0.05) is 24.3 Å². The zero-order chi connectivity index (χ0) is 27.8. The zero-order valence-corrected chi connectivity index (χ0v) is 22.3. The predicted molar refractivity (Wildman–Crippen MR) is 150 cm³/mol. The fourth-order valence-electron chi connectivity index (χ4n) is 3.77. The van der Waals surface area contributed by atoms with Crippen molar-refractivity contribution in [1.82, 2.24) is 10.9 Å². The second-order valence-corrected chi connectivity index (χ2v) is 10.0. The molecule has 2 aromatic carbocycles. The topological polar surface area (TPSA) is 141 Å². The molecule has 2 aromatic rings. The number of rotatable bonds is 12. The van der Waals surface area contributed by atoms with Crippen LogP contribution in [0.15, 0.2) is 58.7 Å². The molecule has 0 heterocycles. The summed E-state index contributed by atoms with van der Waals surface area (Å²) in [5, 5.41) is 14.1. The Morgan fingerprint density at radius 1 is 0.692 bits per heavy atom. The molecule has 0 spiro atoms. The van der Waals surface area contributed by atoms with Gasteiger partial charge in [-0.2, -0.15) is 10.2 Å². The Hall–Kier alpha value is -4.34. The molecule has 2 fully saturated rings. The summed E-state index contributed by atoms with van der Waals surface area (Å²) in [6.45, 7) is 3.54. The van der Waals surface area contributed by atoms with E-state index in [9.17, 15) is 19.2 Å². The molecule has 0 bridgehead atoms. The van der Waals surface area contributed by atoms with Gasteiger partial charge >= 0.3 is 0 Å². The standard InChI is InChI=1S/C29H34N6O4/c1-18(22-6-3-8-24(16-22)30-28(38)20-12-13-20)32-34-26(36)10-5-11-27(37)35-33-19(2)23-7-4-9-25(17-23)31-29(39)21-14-15-21/h3-4,6-9,16-17,20-21H,5,10-15H2,1-2H3,(H,30,38)(H,31,39)(H,34,36)(H,35,37). The van der Waals surface area contributed by atoms with Gasteiger partial charge in [0.05, 0.1) is 11.4 Å². The second kappa shape index (κ2) is 12.9. The lowest BCUT2D eigenvalue weighted by atomic mass is 10.1. The van der Waals surface area contributed by atoms with Gasteiger partial charge in [-0.3, -0.25) is 19.2 Å². The maximum Gasteiger partial charge on any atom is 0.240 e. The highest BCUT2D eigenvalue weighted by molar-refractivity contribution is 6.02. The van der Waals surface area contributed by atoms with Crippen molar-refractivity contribution in [1.29, 1.82) is 0 Å². The van der Waals surface area contributed by atoms with Gasteiger partial charge in [-0.15, -0.1) is 0 Å². The van der Waals surface area contributed by atoms with E-state index in [2.05, 4.69) is 31.7 Å². The van der Waals surface area contributed by atoms with Crippen molar-refractivity contribution in [3.63, 3.8) is 0 Å². The molecule has 39 heavy (non-hydrogen) atoms. The van der Waals surface area contributed by atoms with Gasteiger partial charge in [0, 0.05) is 36.1 Å². The summed E-state index contributed by atoms with van der Waals surface area (Å²) in [5.41, 5.74) is 9.20. The van der Waals surface area contributed by atoms with Gasteiger partial charge in [-0.25, -0.2) is 10.9 Å². The highest BCUT2D eigenvalue weighted by Gasteiger charge is 2.30. The number of nitrogens with one attached hydrogen (secondary N) is 4. The van der Waals surface area contributed by atoms with Gasteiger partial charge in [-0.05, 0) is 81.3 Å². The minimum atomic E-state index is -0.301. The fraction of sp³-hybridized carbons (Fsp3) is 0.379. The smallest absolute Gasteiger partial charge is 0.240 e. The van der Waals surface area contributed by atoms with Gasteiger partial charge in [0.25, 0.3) is 0 Å². The van der Waals surface area contributed by atoms with Crippen LogP contribution in [0.3, 0.4) is 0 Å². The van der Waals surface area contributed by atoms with Crippen molar-refractivity contribution >= 4 is 46.4 Å². The normalized spacial score (nSPS) is 15.3. The largest absolute Gasteiger partial charge is 0.326 e. The number of hydrazone groups is 2. The Morgan fingerprint density at radius 2 is 1.10 bits per heavy atom. The Balaban J connectivity index is 1.17. The molecule has 0 atom stereocenters. The maximum absolute atomic E-state index is 12.2. The molecule has 0 saturated heterocycles. The number of anilines is 2. The van der Waals surface area contributed by atoms with Crippen LogP contribution in [-0.2, 0) is 19.2 Å². The Kier molecular flexibility index (Phi) is 9.19. The van der Waals surface area contributed by atoms with Crippen molar-refractivity contribution in [3.05, 3.63) is 59.7 Å². The van der Waals surface area contributed by atoms with E-state index in [1.807, 2.05) is 48.5 Å². The molecule has 0 unspecified atom stereocenters. The van der Waals surface area contributed by atoms with E-state index in [-0.39, 0.29) is 48.3 Å². The number of nitrogens with zero attached hydrogens (tertiary/aromatic N) is 2. The summed E-state index contributed by atoms with van der Waals surface area (Å²) < 4.78 is 0. The van der Waals surface area contributed by atoms with Crippen LogP contribution in [0.4, 0.5) is 11.4 Å². The third kappa shape index (κ3) is 8.87. The number of amides is 4. The number of hydrogen-bond acceptors (Lipinski definition) is 6. The van der Waals surface area contributed by atoms with Gasteiger partial charge in [0.1, 0.15) is 0 Å². The van der Waals surface area contributed by atoms with E-state index >= 15 is 0 Å². The second-order valence-electron chi connectivity index (χ2n) is 10.0. The maximum atomic E-state index is 12.2. The van der Waals surface area contributed by atoms with Crippen LogP contribution in [0.25, 0.3) is 0 Å². The molecule has 0 aliphatic heterocycles. The molecule has 2 aliphatic carbocycles. The lowest BCUT2D eigenvalue weighted by Crippen LogP contribution is -2.22. The summed E-state index contributed by atoms with van der Waals surface area (Å²) in [4.78, 5) is 48.3. The zero-order valence-electron chi connectivity index (χ0n) is 22.3. The molecule has 204 valence electrons. The van der Waals surface area contributed by atoms with Crippen molar-refractivity contribution in [2.24, 2.45) is 22.0 Å². The molecule has 4 rings (SSSR count). The third-order valence-corrected chi connectivity index (χ3v) is 6.50. The van der Waals surface area contributed by atoms with E-state index in [4.69, 9.17) is 0 Å². The highest BCUT2D eigenvalue weighted by atomic mass is 16.2. The molecular formula is C29H34N6O4. The van der Waals surface area contributed by atoms with E-state index in [0.29, 0.717) is 29.2 Å². The molecule has 2 saturated carbocycles. The van der Waals surface area contributed by atoms with Gasteiger partial charge < -0.3 is 10.6 Å². The SMILES string of the molecule is CC(=NNC(=O)CCCC(=O)NN=C(C)c1cccc(NC(=O)C2CC2)c1)c1cccc(NC(=O)C2CC2)c1. The van der Waals surface area contributed by atoms with Crippen molar-refractivity contribution in [2.75, 3.05) is 10.6 Å². The first-order valence-electron chi connectivity index (χ1n) is 13.3. The number of benzene rings is 2. The molecule has 0 radical (unpaired) electrons. The average Bonchev–Trinajstić information content (AvgIpc) is 3.83. The minimum absolute atomic E-state index is 0.0308. The molecule has 4 amide bonds. The Morgan fingerprint density at radius 3 is 1.49 bits per heavy atom. The van der Waals surface area contributed by atoms with E-state index in [1.54, 1.807) is 13.8 Å². The molecule has 0 aromatic heterocycles. The van der Waals surface area contributed by atoms with Crippen LogP contribution in [0, 0.1) is 11.8 Å². The predicted octanol–water partition coefficient (Wildman–Crippen LogP) is 3.93. The average molecular weight is 531 g/mol. The Bertz CT molecular complexity index is 1210. The van der Waals surface area contributed by atoms with Gasteiger partial charge in [0.15, 0.2) is 0 Å². The van der Waals surface area contributed by atoms with Crippen LogP contribution in [0.2, 0.25) is 0 Å². The first-order chi connectivity index (χ1) is 18.8. The van der Waals surface area contributed by atoms with Crippen molar-refractivity contribution < 1.29 is 19.2 Å². The quantitative estimate of drug-likeness (QED) is 0.244. The Labute approximate surface area is 227 Å². The lowest BCUT2D eigenvalue weighted by molar-refractivity contribution is -0.122. The van der Waals surface area contributed by atoms with Crippen LogP contribution >= 0.6 is 0 Å². The fourth-order valence-corrected chi connectivity index (χ4v) is 3.77. The minimum Gasteiger partial charge on any atom is -0.326 e. The number of hydrogen-bond donors (Lipinski definition) is 4. The monoisotopic (exact) mass is 530 g/mol. The van der Waals surface area contributed by atoms with Crippen molar-refractivity contribution in [3.8, 4) is 0 Å². The van der Waals surface area contributed by atoms with Crippen LogP contribution in [-0.4, -0.2) is 35.1 Å². The highest BCUT2D eigenvalue weighted by Crippen LogP contribution is 2.31. The summed E-state index contributed by atoms with van der Waals surface area (Å²) in [6, 6.07) is 14.6. The number of carbonyl (C=O) groups excluding carboxylic acids is 4. The molecule has 4 N–H and O–H groups in total. The van der Waals surface area contributed by atoms with E-state index < -0.39 is 0 Å². The first kappa shape index (κ1) is 27.7. The molecule has 10 heteroatoms. The summed E-state index contributed by atoms with van der Waals surface area (Å²) in [6.07, 6.45) is 4.34. The van der Waals surface area contributed by atoms with Gasteiger partial charge in [0.2, 0.25) is 23.6 Å². The van der Waals surface area contributed by atoms with Crippen LogP contribution in [0.1, 0.15) is 69.9 Å². The molecule has 10 nitrogen and oxygen atoms in total. The molecular weight excluding hydrogens is 496 g/mol. The van der Waals surface area contributed by atoms with Crippen LogP contribution in [0.5, 0.6) is 0 Å². The van der Waals surface area contributed by atoms with E-state index in [0.717, 1.165) is 36.8 Å². The molecule has 2 aliphatic rings. The van der Waals surface area contributed by atoms with Crippen LogP contribution < -0.4 is 21.5 Å². The van der Waals surface area contributed by atoms with Crippen molar-refractivity contribution in [2.45, 2.75) is 58.8 Å². The summed E-state index contributed by atoms with van der Waals surface area (Å²) in [5.74, 6) is -0.309. The summed E-state index contributed by atoms with van der Waals surface area (Å²) in [7, 11) is 0. The lowest BCUT2D eigenvalue weighted by Gasteiger charge is -2.08. The first-order valence-corrected chi connectivity index (χ1v) is 13.3. The summed E-state index contributed by atoms with van der Waals surface area (Å²) >= 11 is 0. The third-order valence-electron chi connectivity index (χ3n) is 6.50.